The van der Waals surface area contributed by atoms with E-state index in [1.807, 2.05) is 24.3 Å². The summed E-state index contributed by atoms with van der Waals surface area (Å²) in [5, 5.41) is 7.10. The van der Waals surface area contributed by atoms with Gasteiger partial charge < -0.3 is 25.3 Å². The Hall–Kier alpha value is -3.13. The molecule has 1 atom stereocenters. The molecule has 2 aromatic carbocycles. The highest BCUT2D eigenvalue weighted by Gasteiger charge is 2.20. The fourth-order valence-electron chi connectivity index (χ4n) is 4.66. The topological polar surface area (TPSA) is 50.9 Å². The zero-order valence-corrected chi connectivity index (χ0v) is 20.4. The Kier molecular flexibility index (Phi) is 8.58. The molecule has 2 heterocycles. The molecule has 2 aromatic rings. The molecule has 0 saturated carbocycles. The summed E-state index contributed by atoms with van der Waals surface area (Å²) < 4.78 is 27.1. The van der Waals surface area contributed by atoms with Crippen LogP contribution in [0.4, 0.5) is 20.2 Å². The number of benzene rings is 2. The van der Waals surface area contributed by atoms with Gasteiger partial charge in [-0.25, -0.2) is 8.78 Å². The summed E-state index contributed by atoms with van der Waals surface area (Å²) in [7, 11) is 0. The van der Waals surface area contributed by atoms with Crippen LogP contribution in [0.5, 0.6) is 0 Å². The van der Waals surface area contributed by atoms with Gasteiger partial charge in [0.05, 0.1) is 0 Å². The number of piperazine rings is 1. The van der Waals surface area contributed by atoms with Gasteiger partial charge in [-0.2, -0.15) is 0 Å². The second kappa shape index (κ2) is 12.0. The number of nitrogens with zero attached hydrogens (tertiary/aromatic N) is 3. The molecule has 8 heteroatoms. The predicted molar refractivity (Wildman–Crippen MR) is 136 cm³/mol. The third-order valence-corrected chi connectivity index (χ3v) is 6.64. The van der Waals surface area contributed by atoms with Crippen LogP contribution in [0, 0.1) is 11.6 Å². The molecule has 188 valence electrons. The monoisotopic (exact) mass is 483 g/mol. The van der Waals surface area contributed by atoms with E-state index in [2.05, 4.69) is 33.6 Å². The minimum atomic E-state index is -0.606. The first-order chi connectivity index (χ1) is 17.0. The Bertz CT molecular complexity index is 1010. The lowest BCUT2D eigenvalue weighted by molar-refractivity contribution is -0.107. The van der Waals surface area contributed by atoms with Crippen LogP contribution in [0.25, 0.3) is 0 Å². The van der Waals surface area contributed by atoms with Gasteiger partial charge in [-0.1, -0.05) is 6.07 Å². The van der Waals surface area contributed by atoms with Gasteiger partial charge in [0, 0.05) is 69.0 Å². The van der Waals surface area contributed by atoms with E-state index in [1.165, 1.54) is 36.3 Å². The lowest BCUT2D eigenvalue weighted by Gasteiger charge is -2.37. The number of halogens is 2. The zero-order valence-electron chi connectivity index (χ0n) is 20.4. The molecular weight excluding hydrogens is 448 g/mol. The largest absolute Gasteiger partial charge is 0.374 e. The van der Waals surface area contributed by atoms with Crippen LogP contribution in [0.1, 0.15) is 31.7 Å². The molecule has 0 unspecified atom stereocenters. The molecule has 2 fully saturated rings. The predicted octanol–water partition coefficient (Wildman–Crippen LogP) is 4.16. The van der Waals surface area contributed by atoms with Crippen LogP contribution in [0.3, 0.4) is 0 Å². The Labute approximate surface area is 206 Å². The summed E-state index contributed by atoms with van der Waals surface area (Å²) in [5.41, 5.74) is 2.05. The molecule has 4 rings (SSSR count). The maximum atomic E-state index is 14.0. The van der Waals surface area contributed by atoms with E-state index in [0.717, 1.165) is 62.4 Å². The summed E-state index contributed by atoms with van der Waals surface area (Å²) in [6.07, 6.45) is 7.03. The van der Waals surface area contributed by atoms with Crippen molar-refractivity contribution in [1.29, 1.82) is 0 Å². The van der Waals surface area contributed by atoms with E-state index in [9.17, 15) is 13.6 Å². The first-order valence-electron chi connectivity index (χ1n) is 12.5. The van der Waals surface area contributed by atoms with Crippen molar-refractivity contribution in [2.24, 2.45) is 0 Å². The third kappa shape index (κ3) is 6.94. The second-order valence-corrected chi connectivity index (χ2v) is 9.37. The number of hydrogen-bond acceptors (Lipinski definition) is 5. The number of rotatable bonds is 9. The lowest BCUT2D eigenvalue weighted by Crippen LogP contribution is -2.50. The summed E-state index contributed by atoms with van der Waals surface area (Å²) in [6, 6.07) is 11.6. The molecule has 0 aliphatic carbocycles. The number of anilines is 2. The molecule has 1 amide bonds. The van der Waals surface area contributed by atoms with E-state index < -0.39 is 11.6 Å². The molecule has 0 aromatic heterocycles. The van der Waals surface area contributed by atoms with E-state index in [4.69, 9.17) is 0 Å². The number of piperidine rings is 1. The van der Waals surface area contributed by atoms with Gasteiger partial charge >= 0.3 is 0 Å². The Balaban J connectivity index is 1.43. The van der Waals surface area contributed by atoms with Gasteiger partial charge in [-0.05, 0) is 68.5 Å². The first-order valence-corrected chi connectivity index (χ1v) is 12.5. The highest BCUT2D eigenvalue weighted by Crippen LogP contribution is 2.22. The van der Waals surface area contributed by atoms with E-state index in [0.29, 0.717) is 24.6 Å². The first kappa shape index (κ1) is 25.0. The van der Waals surface area contributed by atoms with Gasteiger partial charge in [-0.3, -0.25) is 4.79 Å². The normalized spacial score (nSPS) is 18.9. The van der Waals surface area contributed by atoms with Crippen LogP contribution in [0.15, 0.2) is 54.5 Å². The van der Waals surface area contributed by atoms with E-state index in [1.54, 1.807) is 0 Å². The van der Waals surface area contributed by atoms with Crippen molar-refractivity contribution in [3.63, 3.8) is 0 Å². The van der Waals surface area contributed by atoms with Crippen LogP contribution in [-0.2, 0) is 11.2 Å². The molecule has 2 aliphatic heterocycles. The third-order valence-electron chi connectivity index (χ3n) is 6.64. The summed E-state index contributed by atoms with van der Waals surface area (Å²) in [5.74, 6) is -0.108. The fourth-order valence-corrected chi connectivity index (χ4v) is 4.66. The molecule has 2 saturated heterocycles. The van der Waals surface area contributed by atoms with Crippen molar-refractivity contribution in [2.45, 2.75) is 38.6 Å². The van der Waals surface area contributed by atoms with Crippen LogP contribution in [-0.4, -0.2) is 61.5 Å². The average Bonchev–Trinajstić information content (AvgIpc) is 2.86. The highest BCUT2D eigenvalue weighted by atomic mass is 19.1. The summed E-state index contributed by atoms with van der Waals surface area (Å²) >= 11 is 0. The molecule has 0 bridgehead atoms. The number of carbonyl (C=O) groups is 1. The number of hydrogen-bond donors (Lipinski definition) is 2. The van der Waals surface area contributed by atoms with Gasteiger partial charge in [0.15, 0.2) is 0 Å². The van der Waals surface area contributed by atoms with Gasteiger partial charge in [0.2, 0.25) is 6.41 Å². The molecule has 2 N–H and O–H groups in total. The van der Waals surface area contributed by atoms with Crippen LogP contribution >= 0.6 is 0 Å². The van der Waals surface area contributed by atoms with Crippen LogP contribution in [0.2, 0.25) is 0 Å². The molecule has 6 nitrogen and oxygen atoms in total. The number of carbonyl (C=O) groups excluding carboxylic acids is 1. The number of nitrogens with one attached hydrogen (secondary N) is 2. The van der Waals surface area contributed by atoms with Gasteiger partial charge in [0.25, 0.3) is 0 Å². The standard InChI is InChI=1S/C27H35F2N5O/c1-21-18-33(16-12-30-21)27(19-32-13-3-2-4-14-32)31-24-7-9-25(10-8-24)34(20-35)15-11-22-5-6-23(28)17-26(22)29/h5-10,17,19-21,30-31H,2-4,11-16,18H2,1H3/b27-19-/t21-/m0/s1. The van der Waals surface area contributed by atoms with E-state index in [-0.39, 0.29) is 0 Å². The van der Waals surface area contributed by atoms with Gasteiger partial charge in [-0.15, -0.1) is 0 Å². The second-order valence-electron chi connectivity index (χ2n) is 9.37. The van der Waals surface area contributed by atoms with Gasteiger partial charge in [0.1, 0.15) is 17.5 Å². The number of amides is 1. The maximum absolute atomic E-state index is 14.0. The summed E-state index contributed by atoms with van der Waals surface area (Å²) in [6.45, 7) is 7.48. The van der Waals surface area contributed by atoms with Crippen molar-refractivity contribution in [2.75, 3.05) is 49.5 Å². The lowest BCUT2D eigenvalue weighted by atomic mass is 10.1. The maximum Gasteiger partial charge on any atom is 0.214 e. The fraction of sp³-hybridized carbons (Fsp3) is 0.444. The van der Waals surface area contributed by atoms with Crippen molar-refractivity contribution < 1.29 is 13.6 Å². The van der Waals surface area contributed by atoms with Crippen molar-refractivity contribution in [3.05, 3.63) is 71.7 Å². The zero-order chi connectivity index (χ0) is 24.6. The highest BCUT2D eigenvalue weighted by molar-refractivity contribution is 5.76. The van der Waals surface area contributed by atoms with Crippen molar-refractivity contribution >= 4 is 17.8 Å². The number of likely N-dealkylation sites (tertiary alicyclic amines) is 1. The Morgan fingerprint density at radius 3 is 2.57 bits per heavy atom. The quantitative estimate of drug-likeness (QED) is 0.525. The Morgan fingerprint density at radius 1 is 1.11 bits per heavy atom. The smallest absolute Gasteiger partial charge is 0.214 e. The molecule has 2 aliphatic rings. The molecule has 0 radical (unpaired) electrons. The molecular formula is C27H35F2N5O. The minimum Gasteiger partial charge on any atom is -0.374 e. The summed E-state index contributed by atoms with van der Waals surface area (Å²) in [4.78, 5) is 18.0. The van der Waals surface area contributed by atoms with Crippen molar-refractivity contribution in [3.8, 4) is 0 Å². The van der Waals surface area contributed by atoms with Crippen molar-refractivity contribution in [1.82, 2.24) is 15.1 Å². The SMILES string of the molecule is C[C@H]1CN(/C(=C\N2CCCCC2)Nc2ccc(N(C=O)CCc3ccc(F)cc3F)cc2)CCN1. The Morgan fingerprint density at radius 2 is 1.89 bits per heavy atom. The average molecular weight is 484 g/mol. The molecule has 35 heavy (non-hydrogen) atoms. The van der Waals surface area contributed by atoms with Crippen LogP contribution < -0.4 is 15.5 Å². The minimum absolute atomic E-state index is 0.300. The molecule has 0 spiro atoms. The van der Waals surface area contributed by atoms with E-state index >= 15 is 0 Å².